The number of aryl methyl sites for hydroxylation is 1. The van der Waals surface area contributed by atoms with Gasteiger partial charge in [-0.3, -0.25) is 4.79 Å². The molecule has 1 aromatic carbocycles. The second-order valence-electron chi connectivity index (χ2n) is 5.17. The van der Waals surface area contributed by atoms with E-state index in [-0.39, 0.29) is 11.9 Å². The molecular weight excluding hydrogens is 268 g/mol. The Morgan fingerprint density at radius 3 is 2.71 bits per heavy atom. The van der Waals surface area contributed by atoms with E-state index in [1.807, 2.05) is 39.0 Å². The van der Waals surface area contributed by atoms with Crippen molar-refractivity contribution in [2.75, 3.05) is 24.7 Å². The number of nitrogens with zero attached hydrogens (tertiary/aromatic N) is 4. The monoisotopic (exact) mass is 288 g/mol. The van der Waals surface area contributed by atoms with Gasteiger partial charge in [0.2, 0.25) is 0 Å². The maximum absolute atomic E-state index is 12.5. The maximum atomic E-state index is 12.5. The number of hydrogen-bond acceptors (Lipinski definition) is 5. The molecule has 0 aliphatic rings. The molecule has 3 N–H and O–H groups in total. The minimum absolute atomic E-state index is 0.193. The van der Waals surface area contributed by atoms with Crippen LogP contribution in [0.4, 0.5) is 11.4 Å². The van der Waals surface area contributed by atoms with Crippen LogP contribution in [-0.2, 0) is 7.05 Å². The van der Waals surface area contributed by atoms with Crippen LogP contribution in [0.3, 0.4) is 0 Å². The molecule has 0 aliphatic carbocycles. The molecule has 0 saturated carbocycles. The lowest BCUT2D eigenvalue weighted by atomic mass is 10.1. The van der Waals surface area contributed by atoms with Crippen molar-refractivity contribution in [2.45, 2.75) is 13.0 Å². The fraction of sp³-hybridized carbons (Fsp3) is 0.357. The van der Waals surface area contributed by atoms with Crippen LogP contribution in [0.2, 0.25) is 0 Å². The molecule has 1 aromatic heterocycles. The van der Waals surface area contributed by atoms with Crippen molar-refractivity contribution >= 4 is 17.3 Å². The van der Waals surface area contributed by atoms with Crippen LogP contribution < -0.4 is 16.0 Å². The van der Waals surface area contributed by atoms with E-state index in [9.17, 15) is 4.79 Å². The molecule has 0 saturated heterocycles. The van der Waals surface area contributed by atoms with Crippen LogP contribution in [-0.4, -0.2) is 34.8 Å². The molecule has 0 bridgehead atoms. The molecule has 1 atom stereocenters. The first kappa shape index (κ1) is 14.8. The number of nitrogens with one attached hydrogen (secondary N) is 1. The molecule has 2 aromatic rings. The fourth-order valence-corrected chi connectivity index (χ4v) is 2.15. The fourth-order valence-electron chi connectivity index (χ4n) is 2.15. The summed E-state index contributed by atoms with van der Waals surface area (Å²) in [7, 11) is 5.60. The summed E-state index contributed by atoms with van der Waals surface area (Å²) in [5.41, 5.74) is 7.69. The van der Waals surface area contributed by atoms with Gasteiger partial charge in [0.1, 0.15) is 6.33 Å². The second kappa shape index (κ2) is 5.82. The summed E-state index contributed by atoms with van der Waals surface area (Å²) in [5, 5.41) is 10.7. The Morgan fingerprint density at radius 2 is 2.14 bits per heavy atom. The standard InChI is InChI=1S/C14H20N6O/c1-9(13-18-16-8-20(13)4)17-14(21)11-7-10(15)5-6-12(11)19(2)3/h5-9H,15H2,1-4H3,(H,17,21). The summed E-state index contributed by atoms with van der Waals surface area (Å²) in [6, 6.07) is 5.03. The Balaban J connectivity index is 2.24. The summed E-state index contributed by atoms with van der Waals surface area (Å²) >= 11 is 0. The van der Waals surface area contributed by atoms with Crippen molar-refractivity contribution in [2.24, 2.45) is 7.05 Å². The van der Waals surface area contributed by atoms with Crippen LogP contribution >= 0.6 is 0 Å². The lowest BCUT2D eigenvalue weighted by molar-refractivity contribution is 0.0938. The number of amides is 1. The zero-order chi connectivity index (χ0) is 15.6. The van der Waals surface area contributed by atoms with Crippen LogP contribution in [0.15, 0.2) is 24.5 Å². The first-order valence-corrected chi connectivity index (χ1v) is 6.61. The van der Waals surface area contributed by atoms with Gasteiger partial charge in [-0.25, -0.2) is 0 Å². The number of nitrogen functional groups attached to an aromatic ring is 1. The van der Waals surface area contributed by atoms with Crippen molar-refractivity contribution in [1.29, 1.82) is 0 Å². The minimum Gasteiger partial charge on any atom is -0.399 e. The molecule has 0 aliphatic heterocycles. The third-order valence-electron chi connectivity index (χ3n) is 3.23. The summed E-state index contributed by atoms with van der Waals surface area (Å²) in [4.78, 5) is 14.4. The average Bonchev–Trinajstić information content (AvgIpc) is 2.84. The highest BCUT2D eigenvalue weighted by molar-refractivity contribution is 6.00. The van der Waals surface area contributed by atoms with Gasteiger partial charge in [-0.2, -0.15) is 0 Å². The summed E-state index contributed by atoms with van der Waals surface area (Å²) in [6.07, 6.45) is 1.60. The second-order valence-corrected chi connectivity index (χ2v) is 5.17. The highest BCUT2D eigenvalue weighted by Gasteiger charge is 2.18. The topological polar surface area (TPSA) is 89.1 Å². The predicted molar refractivity (Wildman–Crippen MR) is 82.1 cm³/mol. The van der Waals surface area contributed by atoms with Crippen molar-refractivity contribution in [3.63, 3.8) is 0 Å². The van der Waals surface area contributed by atoms with E-state index in [0.29, 0.717) is 17.1 Å². The van der Waals surface area contributed by atoms with Gasteiger partial charge in [-0.1, -0.05) is 0 Å². The zero-order valence-corrected chi connectivity index (χ0v) is 12.7. The smallest absolute Gasteiger partial charge is 0.254 e. The number of carbonyl (C=O) groups excluding carboxylic acids is 1. The van der Waals surface area contributed by atoms with E-state index in [1.165, 1.54) is 0 Å². The first-order chi connectivity index (χ1) is 9.90. The van der Waals surface area contributed by atoms with Gasteiger partial charge in [0.25, 0.3) is 5.91 Å². The number of carbonyl (C=O) groups is 1. The largest absolute Gasteiger partial charge is 0.399 e. The van der Waals surface area contributed by atoms with Gasteiger partial charge < -0.3 is 20.5 Å². The van der Waals surface area contributed by atoms with Crippen LogP contribution in [0.25, 0.3) is 0 Å². The number of nitrogens with two attached hydrogens (primary N) is 1. The summed E-state index contributed by atoms with van der Waals surface area (Å²) in [5.74, 6) is 0.500. The van der Waals surface area contributed by atoms with Crippen LogP contribution in [0.5, 0.6) is 0 Å². The van der Waals surface area contributed by atoms with Crippen molar-refractivity contribution in [3.8, 4) is 0 Å². The molecule has 2 rings (SSSR count). The van der Waals surface area contributed by atoms with E-state index in [1.54, 1.807) is 23.0 Å². The third kappa shape index (κ3) is 3.13. The Bertz CT molecular complexity index is 649. The van der Waals surface area contributed by atoms with Crippen LogP contribution in [0.1, 0.15) is 29.1 Å². The lowest BCUT2D eigenvalue weighted by Crippen LogP contribution is -2.30. The van der Waals surface area contributed by atoms with Crippen molar-refractivity contribution < 1.29 is 4.79 Å². The lowest BCUT2D eigenvalue weighted by Gasteiger charge is -2.19. The van der Waals surface area contributed by atoms with Crippen LogP contribution in [0, 0.1) is 0 Å². The van der Waals surface area contributed by atoms with Gasteiger partial charge in [0.15, 0.2) is 5.82 Å². The predicted octanol–water partition coefficient (Wildman–Crippen LogP) is 0.954. The Hall–Kier alpha value is -2.57. The quantitative estimate of drug-likeness (QED) is 0.818. The number of aromatic nitrogens is 3. The molecule has 1 heterocycles. The van der Waals surface area contributed by atoms with E-state index < -0.39 is 0 Å². The van der Waals surface area contributed by atoms with Gasteiger partial charge in [0.05, 0.1) is 11.6 Å². The number of hydrogen-bond donors (Lipinski definition) is 2. The average molecular weight is 288 g/mol. The molecule has 112 valence electrons. The highest BCUT2D eigenvalue weighted by atomic mass is 16.1. The van der Waals surface area contributed by atoms with E-state index in [4.69, 9.17) is 5.73 Å². The molecule has 1 amide bonds. The van der Waals surface area contributed by atoms with E-state index in [2.05, 4.69) is 15.5 Å². The SMILES string of the molecule is CC(NC(=O)c1cc(N)ccc1N(C)C)c1nncn1C. The number of rotatable bonds is 4. The Labute approximate surface area is 123 Å². The first-order valence-electron chi connectivity index (χ1n) is 6.61. The number of anilines is 2. The van der Waals surface area contributed by atoms with Crippen molar-refractivity contribution in [1.82, 2.24) is 20.1 Å². The highest BCUT2D eigenvalue weighted by Crippen LogP contribution is 2.22. The molecule has 21 heavy (non-hydrogen) atoms. The molecule has 0 radical (unpaired) electrons. The Kier molecular flexibility index (Phi) is 4.11. The minimum atomic E-state index is -0.249. The Morgan fingerprint density at radius 1 is 1.43 bits per heavy atom. The number of benzene rings is 1. The van der Waals surface area contributed by atoms with Gasteiger partial charge in [0, 0.05) is 32.5 Å². The van der Waals surface area contributed by atoms with Gasteiger partial charge in [-0.15, -0.1) is 10.2 Å². The molecular formula is C14H20N6O. The zero-order valence-electron chi connectivity index (χ0n) is 12.7. The molecule has 0 fully saturated rings. The van der Waals surface area contributed by atoms with Gasteiger partial charge >= 0.3 is 0 Å². The van der Waals surface area contributed by atoms with Crippen molar-refractivity contribution in [3.05, 3.63) is 35.9 Å². The normalized spacial score (nSPS) is 12.0. The van der Waals surface area contributed by atoms with E-state index in [0.717, 1.165) is 5.69 Å². The molecule has 0 spiro atoms. The third-order valence-corrected chi connectivity index (χ3v) is 3.23. The molecule has 1 unspecified atom stereocenters. The maximum Gasteiger partial charge on any atom is 0.254 e. The van der Waals surface area contributed by atoms with Gasteiger partial charge in [-0.05, 0) is 25.1 Å². The molecule has 7 heteroatoms. The summed E-state index contributed by atoms with van der Waals surface area (Å²) < 4.78 is 1.77. The van der Waals surface area contributed by atoms with E-state index >= 15 is 0 Å². The summed E-state index contributed by atoms with van der Waals surface area (Å²) in [6.45, 7) is 1.86. The molecule has 7 nitrogen and oxygen atoms in total.